The second-order valence-electron chi connectivity index (χ2n) is 7.65. The van der Waals surface area contributed by atoms with Crippen molar-refractivity contribution in [3.63, 3.8) is 0 Å². The molecule has 0 saturated heterocycles. The number of ether oxygens (including phenoxy) is 2. The lowest BCUT2D eigenvalue weighted by molar-refractivity contribution is -0.131. The minimum atomic E-state index is -1.14. The van der Waals surface area contributed by atoms with E-state index < -0.39 is 35.3 Å². The molecule has 3 aromatic carbocycles. The fraction of sp³-hybridized carbons (Fsp3) is 0.154. The summed E-state index contributed by atoms with van der Waals surface area (Å²) in [5.41, 5.74) is 2.77. The van der Waals surface area contributed by atoms with Crippen LogP contribution in [0.3, 0.4) is 0 Å². The number of methoxy groups -OCH3 is 1. The van der Waals surface area contributed by atoms with Crippen LogP contribution >= 0.6 is 0 Å². The second-order valence-corrected chi connectivity index (χ2v) is 7.65. The van der Waals surface area contributed by atoms with E-state index in [0.717, 1.165) is 0 Å². The summed E-state index contributed by atoms with van der Waals surface area (Å²) in [6.07, 6.45) is 1.32. The molecule has 3 N–H and O–H groups in total. The molecule has 9 nitrogen and oxygen atoms in total. The number of benzene rings is 3. The SMILES string of the molecule is COc1cc(C=NNC(=O)C(C)C(=O)Nc2ccccc2F)ccc1OCC(=O)Nc1ccccc1F. The monoisotopic (exact) mass is 510 g/mol. The zero-order valence-corrected chi connectivity index (χ0v) is 20.0. The molecule has 3 rings (SSSR count). The average Bonchev–Trinajstić information content (AvgIpc) is 2.89. The molecule has 192 valence electrons. The molecule has 0 aliphatic carbocycles. The molecule has 0 aromatic heterocycles. The molecule has 0 radical (unpaired) electrons. The van der Waals surface area contributed by atoms with E-state index in [1.807, 2.05) is 0 Å². The number of nitrogens with one attached hydrogen (secondary N) is 3. The maximum Gasteiger partial charge on any atom is 0.262 e. The van der Waals surface area contributed by atoms with Gasteiger partial charge in [0.2, 0.25) is 5.91 Å². The predicted octanol–water partition coefficient (Wildman–Crippen LogP) is 3.72. The van der Waals surface area contributed by atoms with E-state index in [0.29, 0.717) is 5.56 Å². The van der Waals surface area contributed by atoms with E-state index in [4.69, 9.17) is 9.47 Å². The van der Waals surface area contributed by atoms with Crippen molar-refractivity contribution in [1.29, 1.82) is 0 Å². The molecule has 0 bridgehead atoms. The van der Waals surface area contributed by atoms with Gasteiger partial charge in [0.1, 0.15) is 17.6 Å². The maximum absolute atomic E-state index is 13.7. The van der Waals surface area contributed by atoms with Gasteiger partial charge >= 0.3 is 0 Å². The highest BCUT2D eigenvalue weighted by Gasteiger charge is 2.22. The van der Waals surface area contributed by atoms with Gasteiger partial charge in [-0.05, 0) is 55.0 Å². The predicted molar refractivity (Wildman–Crippen MR) is 133 cm³/mol. The number of amides is 3. The topological polar surface area (TPSA) is 118 Å². The largest absolute Gasteiger partial charge is 0.493 e. The first-order valence-electron chi connectivity index (χ1n) is 11.0. The van der Waals surface area contributed by atoms with Crippen molar-refractivity contribution in [3.05, 3.63) is 83.9 Å². The van der Waals surface area contributed by atoms with Gasteiger partial charge < -0.3 is 20.1 Å². The van der Waals surface area contributed by atoms with Crippen molar-refractivity contribution in [2.45, 2.75) is 6.92 Å². The molecule has 0 heterocycles. The highest BCUT2D eigenvalue weighted by molar-refractivity contribution is 6.06. The first kappa shape index (κ1) is 26.8. The summed E-state index contributed by atoms with van der Waals surface area (Å²) in [5.74, 6) is -3.74. The fourth-order valence-corrected chi connectivity index (χ4v) is 2.97. The maximum atomic E-state index is 13.7. The lowest BCUT2D eigenvalue weighted by atomic mass is 10.1. The summed E-state index contributed by atoms with van der Waals surface area (Å²) in [4.78, 5) is 36.5. The Balaban J connectivity index is 1.53. The van der Waals surface area contributed by atoms with Crippen LogP contribution in [-0.2, 0) is 14.4 Å². The molecule has 0 aliphatic heterocycles. The van der Waals surface area contributed by atoms with Crippen molar-refractivity contribution in [2.24, 2.45) is 11.0 Å². The Morgan fingerprint density at radius 1 is 0.892 bits per heavy atom. The Morgan fingerprint density at radius 3 is 2.14 bits per heavy atom. The number of halogens is 2. The molecule has 0 fully saturated rings. The number of rotatable bonds is 10. The van der Waals surface area contributed by atoms with Crippen LogP contribution in [0.1, 0.15) is 12.5 Å². The summed E-state index contributed by atoms with van der Waals surface area (Å²) in [5, 5.41) is 8.59. The minimum absolute atomic E-state index is 0.0326. The molecule has 3 amide bonds. The molecule has 0 spiro atoms. The Hall–Kier alpha value is -4.80. The summed E-state index contributed by atoms with van der Waals surface area (Å²) in [7, 11) is 1.40. The number of anilines is 2. The van der Waals surface area contributed by atoms with E-state index in [1.165, 1.54) is 62.7 Å². The number of hydrogen-bond donors (Lipinski definition) is 3. The number of nitrogens with zero attached hydrogens (tertiary/aromatic N) is 1. The Morgan fingerprint density at radius 2 is 1.51 bits per heavy atom. The smallest absolute Gasteiger partial charge is 0.262 e. The zero-order chi connectivity index (χ0) is 26.8. The van der Waals surface area contributed by atoms with Crippen molar-refractivity contribution in [2.75, 3.05) is 24.4 Å². The quantitative estimate of drug-likeness (QED) is 0.218. The molecular weight excluding hydrogens is 486 g/mol. The van der Waals surface area contributed by atoms with Gasteiger partial charge in [-0.15, -0.1) is 0 Å². The van der Waals surface area contributed by atoms with Crippen LogP contribution in [-0.4, -0.2) is 37.7 Å². The summed E-state index contributed by atoms with van der Waals surface area (Å²) in [6, 6.07) is 16.0. The van der Waals surface area contributed by atoms with Gasteiger partial charge in [-0.25, -0.2) is 14.2 Å². The minimum Gasteiger partial charge on any atom is -0.493 e. The molecule has 37 heavy (non-hydrogen) atoms. The van der Waals surface area contributed by atoms with Crippen LogP contribution < -0.4 is 25.5 Å². The molecule has 0 aliphatic rings. The van der Waals surface area contributed by atoms with Gasteiger partial charge in [0.25, 0.3) is 11.8 Å². The number of para-hydroxylation sites is 2. The van der Waals surface area contributed by atoms with Crippen molar-refractivity contribution < 1.29 is 32.6 Å². The van der Waals surface area contributed by atoms with Crippen LogP contribution in [0.2, 0.25) is 0 Å². The Bertz CT molecular complexity index is 1320. The average molecular weight is 510 g/mol. The van der Waals surface area contributed by atoms with E-state index >= 15 is 0 Å². The van der Waals surface area contributed by atoms with E-state index in [2.05, 4.69) is 21.2 Å². The van der Waals surface area contributed by atoms with Gasteiger partial charge in [0.05, 0.1) is 24.7 Å². The third kappa shape index (κ3) is 7.59. The van der Waals surface area contributed by atoms with Crippen LogP contribution in [0.4, 0.5) is 20.2 Å². The van der Waals surface area contributed by atoms with Crippen LogP contribution in [0.25, 0.3) is 0 Å². The molecule has 1 unspecified atom stereocenters. The summed E-state index contributed by atoms with van der Waals surface area (Å²) in [6.45, 7) is 0.972. The van der Waals surface area contributed by atoms with Crippen LogP contribution in [0, 0.1) is 17.6 Å². The fourth-order valence-electron chi connectivity index (χ4n) is 2.97. The van der Waals surface area contributed by atoms with E-state index in [1.54, 1.807) is 24.3 Å². The molecular formula is C26H24F2N4O5. The number of hydrazone groups is 1. The van der Waals surface area contributed by atoms with Gasteiger partial charge in [-0.1, -0.05) is 24.3 Å². The molecule has 3 aromatic rings. The van der Waals surface area contributed by atoms with Crippen LogP contribution in [0.15, 0.2) is 71.8 Å². The first-order chi connectivity index (χ1) is 17.8. The molecule has 0 saturated carbocycles. The summed E-state index contributed by atoms with van der Waals surface area (Å²) < 4.78 is 38.1. The van der Waals surface area contributed by atoms with Gasteiger partial charge in [-0.2, -0.15) is 5.10 Å². The summed E-state index contributed by atoms with van der Waals surface area (Å²) >= 11 is 0. The Labute approximate surface area is 211 Å². The second kappa shape index (κ2) is 12.8. The van der Waals surface area contributed by atoms with Gasteiger partial charge in [0.15, 0.2) is 18.1 Å². The van der Waals surface area contributed by atoms with Crippen LogP contribution in [0.5, 0.6) is 11.5 Å². The normalized spacial score (nSPS) is 11.5. The Kier molecular flexibility index (Phi) is 9.25. The van der Waals surface area contributed by atoms with Crippen molar-refractivity contribution in [3.8, 4) is 11.5 Å². The van der Waals surface area contributed by atoms with Gasteiger partial charge in [-0.3, -0.25) is 14.4 Å². The third-order valence-corrected chi connectivity index (χ3v) is 5.00. The number of carbonyl (C=O) groups excluding carboxylic acids is 3. The number of hydrogen-bond acceptors (Lipinski definition) is 6. The number of carbonyl (C=O) groups is 3. The first-order valence-corrected chi connectivity index (χ1v) is 11.0. The van der Waals surface area contributed by atoms with E-state index in [9.17, 15) is 23.2 Å². The standard InChI is InChI=1S/C26H24F2N4O5/c1-16(25(34)31-21-10-6-4-8-19(21)28)26(35)32-29-14-17-11-12-22(23(13-17)36-2)37-15-24(33)30-20-9-5-3-7-18(20)27/h3-14,16H,15H2,1-2H3,(H,30,33)(H,31,34)(H,32,35). The highest BCUT2D eigenvalue weighted by atomic mass is 19.1. The zero-order valence-electron chi connectivity index (χ0n) is 20.0. The molecule has 11 heteroatoms. The lowest BCUT2D eigenvalue weighted by Gasteiger charge is -2.12. The third-order valence-electron chi connectivity index (χ3n) is 5.00. The van der Waals surface area contributed by atoms with E-state index in [-0.39, 0.29) is 29.5 Å². The molecule has 1 atom stereocenters. The lowest BCUT2D eigenvalue weighted by Crippen LogP contribution is -2.34. The van der Waals surface area contributed by atoms with Crippen molar-refractivity contribution >= 4 is 35.3 Å². The van der Waals surface area contributed by atoms with Crippen molar-refractivity contribution in [1.82, 2.24) is 5.43 Å². The highest BCUT2D eigenvalue weighted by Crippen LogP contribution is 2.27. The van der Waals surface area contributed by atoms with Gasteiger partial charge in [0, 0.05) is 0 Å².